The van der Waals surface area contributed by atoms with Gasteiger partial charge in [-0.05, 0) is 26.0 Å². The third-order valence-corrected chi connectivity index (χ3v) is 4.06. The van der Waals surface area contributed by atoms with Gasteiger partial charge in [-0.2, -0.15) is 16.9 Å². The first-order chi connectivity index (χ1) is 7.29. The maximum absolute atomic E-state index is 4.30. The molecule has 1 aromatic heterocycles. The first-order valence-electron chi connectivity index (χ1n) is 5.65. The Kier molecular flexibility index (Phi) is 3.70. The summed E-state index contributed by atoms with van der Waals surface area (Å²) in [6, 6.07) is 1.11. The lowest BCUT2D eigenvalue weighted by atomic mass is 10.1. The van der Waals surface area contributed by atoms with E-state index in [9.17, 15) is 0 Å². The van der Waals surface area contributed by atoms with E-state index in [0.717, 1.165) is 6.54 Å². The van der Waals surface area contributed by atoms with E-state index < -0.39 is 0 Å². The number of thioether (sulfide) groups is 1. The predicted molar refractivity (Wildman–Crippen MR) is 65.2 cm³/mol. The molecule has 1 aromatic rings. The van der Waals surface area contributed by atoms with Gasteiger partial charge in [-0.15, -0.1) is 0 Å². The minimum Gasteiger partial charge on any atom is -0.306 e. The molecule has 1 saturated heterocycles. The van der Waals surface area contributed by atoms with Crippen molar-refractivity contribution in [2.24, 2.45) is 0 Å². The Labute approximate surface area is 95.6 Å². The second-order valence-electron chi connectivity index (χ2n) is 4.08. The summed E-state index contributed by atoms with van der Waals surface area (Å²) < 4.78 is 1.98. The first-order valence-corrected chi connectivity index (χ1v) is 6.81. The number of aryl methyl sites for hydroxylation is 1. The minimum atomic E-state index is 0.425. The standard InChI is InChI=1S/C11H19N3S/c1-3-14-7-10(6-12-14)9(2)13-11-4-5-15-8-11/h6-7,9,11,13H,3-5,8H2,1-2H3. The number of rotatable bonds is 4. The van der Waals surface area contributed by atoms with Crippen molar-refractivity contribution in [2.45, 2.75) is 38.9 Å². The summed E-state index contributed by atoms with van der Waals surface area (Å²) in [6.45, 7) is 5.29. The average molecular weight is 225 g/mol. The van der Waals surface area contributed by atoms with Gasteiger partial charge in [-0.1, -0.05) is 0 Å². The van der Waals surface area contributed by atoms with E-state index in [4.69, 9.17) is 0 Å². The van der Waals surface area contributed by atoms with Gasteiger partial charge in [0.15, 0.2) is 0 Å². The van der Waals surface area contributed by atoms with E-state index in [1.54, 1.807) is 0 Å². The molecule has 1 N–H and O–H groups in total. The number of hydrogen-bond acceptors (Lipinski definition) is 3. The van der Waals surface area contributed by atoms with Gasteiger partial charge in [0, 0.05) is 36.1 Å². The van der Waals surface area contributed by atoms with Crippen LogP contribution < -0.4 is 5.32 Å². The van der Waals surface area contributed by atoms with Crippen molar-refractivity contribution in [1.82, 2.24) is 15.1 Å². The van der Waals surface area contributed by atoms with Crippen molar-refractivity contribution < 1.29 is 0 Å². The molecule has 2 rings (SSSR count). The lowest BCUT2D eigenvalue weighted by Gasteiger charge is -2.17. The van der Waals surface area contributed by atoms with Gasteiger partial charge in [0.2, 0.25) is 0 Å². The highest BCUT2D eigenvalue weighted by Gasteiger charge is 2.18. The summed E-state index contributed by atoms with van der Waals surface area (Å²) in [5, 5.41) is 7.96. The SMILES string of the molecule is CCn1cc(C(C)NC2CCSC2)cn1. The van der Waals surface area contributed by atoms with E-state index in [1.165, 1.54) is 23.5 Å². The van der Waals surface area contributed by atoms with Crippen LogP contribution in [0.5, 0.6) is 0 Å². The smallest absolute Gasteiger partial charge is 0.0537 e. The molecule has 15 heavy (non-hydrogen) atoms. The number of nitrogens with one attached hydrogen (secondary N) is 1. The molecule has 0 aromatic carbocycles. The third kappa shape index (κ3) is 2.75. The highest BCUT2D eigenvalue weighted by Crippen LogP contribution is 2.20. The zero-order chi connectivity index (χ0) is 10.7. The zero-order valence-electron chi connectivity index (χ0n) is 9.44. The maximum Gasteiger partial charge on any atom is 0.0537 e. The van der Waals surface area contributed by atoms with Crippen LogP contribution in [0.3, 0.4) is 0 Å². The molecule has 2 unspecified atom stereocenters. The highest BCUT2D eigenvalue weighted by molar-refractivity contribution is 7.99. The Hall–Kier alpha value is -0.480. The van der Waals surface area contributed by atoms with Crippen molar-refractivity contribution in [1.29, 1.82) is 0 Å². The molecule has 3 nitrogen and oxygen atoms in total. The zero-order valence-corrected chi connectivity index (χ0v) is 10.3. The number of hydrogen-bond donors (Lipinski definition) is 1. The van der Waals surface area contributed by atoms with E-state index in [1.807, 2.05) is 22.6 Å². The second-order valence-corrected chi connectivity index (χ2v) is 5.23. The molecule has 2 atom stereocenters. The molecule has 0 bridgehead atoms. The fourth-order valence-electron chi connectivity index (χ4n) is 1.89. The Bertz CT molecular complexity index is 305. The van der Waals surface area contributed by atoms with Gasteiger partial charge >= 0.3 is 0 Å². The number of nitrogens with zero attached hydrogens (tertiary/aromatic N) is 2. The van der Waals surface area contributed by atoms with Crippen LogP contribution in [0.25, 0.3) is 0 Å². The Balaban J connectivity index is 1.91. The van der Waals surface area contributed by atoms with Gasteiger partial charge in [-0.3, -0.25) is 4.68 Å². The molecule has 1 fully saturated rings. The van der Waals surface area contributed by atoms with Crippen molar-refractivity contribution >= 4 is 11.8 Å². The van der Waals surface area contributed by atoms with Crippen molar-refractivity contribution in [3.8, 4) is 0 Å². The van der Waals surface area contributed by atoms with Gasteiger partial charge in [0.25, 0.3) is 0 Å². The number of aromatic nitrogens is 2. The van der Waals surface area contributed by atoms with E-state index >= 15 is 0 Å². The molecule has 84 valence electrons. The summed E-state index contributed by atoms with van der Waals surface area (Å²) in [5.41, 5.74) is 1.30. The van der Waals surface area contributed by atoms with Crippen LogP contribution in [0, 0.1) is 0 Å². The van der Waals surface area contributed by atoms with E-state index in [0.29, 0.717) is 12.1 Å². The van der Waals surface area contributed by atoms with Gasteiger partial charge < -0.3 is 5.32 Å². The molecule has 0 saturated carbocycles. The fraction of sp³-hybridized carbons (Fsp3) is 0.727. The average Bonchev–Trinajstić information content (AvgIpc) is 2.86. The summed E-state index contributed by atoms with van der Waals surface area (Å²) in [5.74, 6) is 2.56. The summed E-state index contributed by atoms with van der Waals surface area (Å²) in [7, 11) is 0. The molecule has 0 aliphatic carbocycles. The Morgan fingerprint density at radius 2 is 2.60 bits per heavy atom. The van der Waals surface area contributed by atoms with Crippen LogP contribution in [0.15, 0.2) is 12.4 Å². The molecule has 0 radical (unpaired) electrons. The fourth-order valence-corrected chi connectivity index (χ4v) is 3.06. The Morgan fingerprint density at radius 3 is 3.20 bits per heavy atom. The largest absolute Gasteiger partial charge is 0.306 e. The van der Waals surface area contributed by atoms with E-state index in [-0.39, 0.29) is 0 Å². The quantitative estimate of drug-likeness (QED) is 0.850. The van der Waals surface area contributed by atoms with Crippen LogP contribution in [-0.4, -0.2) is 27.3 Å². The molecule has 0 spiro atoms. The topological polar surface area (TPSA) is 29.9 Å². The molecular weight excluding hydrogens is 206 g/mol. The van der Waals surface area contributed by atoms with Crippen LogP contribution in [0.1, 0.15) is 31.9 Å². The molecule has 0 amide bonds. The molecule has 2 heterocycles. The summed E-state index contributed by atoms with van der Waals surface area (Å²) in [4.78, 5) is 0. The Morgan fingerprint density at radius 1 is 1.73 bits per heavy atom. The molecule has 1 aliphatic heterocycles. The predicted octanol–water partition coefficient (Wildman–Crippen LogP) is 2.06. The van der Waals surface area contributed by atoms with Gasteiger partial charge in [-0.25, -0.2) is 0 Å². The summed E-state index contributed by atoms with van der Waals surface area (Å²) in [6.07, 6.45) is 5.42. The van der Waals surface area contributed by atoms with E-state index in [2.05, 4.69) is 30.5 Å². The van der Waals surface area contributed by atoms with Crippen molar-refractivity contribution in [3.05, 3.63) is 18.0 Å². The minimum absolute atomic E-state index is 0.425. The highest BCUT2D eigenvalue weighted by atomic mass is 32.2. The van der Waals surface area contributed by atoms with Crippen LogP contribution in [0.4, 0.5) is 0 Å². The monoisotopic (exact) mass is 225 g/mol. The summed E-state index contributed by atoms with van der Waals surface area (Å²) >= 11 is 2.05. The van der Waals surface area contributed by atoms with Crippen LogP contribution >= 0.6 is 11.8 Å². The normalized spacial score (nSPS) is 23.2. The molecule has 1 aliphatic rings. The molecular formula is C11H19N3S. The third-order valence-electron chi connectivity index (χ3n) is 2.89. The maximum atomic E-state index is 4.30. The van der Waals surface area contributed by atoms with Gasteiger partial charge in [0.05, 0.1) is 6.20 Å². The van der Waals surface area contributed by atoms with Gasteiger partial charge in [0.1, 0.15) is 0 Å². The lowest BCUT2D eigenvalue weighted by Crippen LogP contribution is -2.31. The van der Waals surface area contributed by atoms with Crippen molar-refractivity contribution in [3.63, 3.8) is 0 Å². The van der Waals surface area contributed by atoms with Crippen molar-refractivity contribution in [2.75, 3.05) is 11.5 Å². The van der Waals surface area contributed by atoms with Crippen LogP contribution in [-0.2, 0) is 6.54 Å². The molecule has 4 heteroatoms. The first kappa shape index (κ1) is 11.0. The second kappa shape index (κ2) is 5.03. The van der Waals surface area contributed by atoms with Crippen LogP contribution in [0.2, 0.25) is 0 Å². The lowest BCUT2D eigenvalue weighted by molar-refractivity contribution is 0.485.